The van der Waals surface area contributed by atoms with Gasteiger partial charge in [-0.15, -0.1) is 0 Å². The minimum absolute atomic E-state index is 0.112. The lowest BCUT2D eigenvalue weighted by Crippen LogP contribution is -2.35. The number of anilines is 1. The SMILES string of the molecule is OC(CNc1cccc(OCC2CCCCC2)c1Cc1cc(C(F)(F)F)ccc1F)C(F)(F)F. The van der Waals surface area contributed by atoms with E-state index in [2.05, 4.69) is 5.32 Å². The minimum atomic E-state index is -4.85. The quantitative estimate of drug-likeness (QED) is 0.401. The Morgan fingerprint density at radius 3 is 2.35 bits per heavy atom. The van der Waals surface area contributed by atoms with Gasteiger partial charge in [-0.25, -0.2) is 4.39 Å². The molecule has 0 heterocycles. The number of alkyl halides is 6. The average molecular weight is 493 g/mol. The van der Waals surface area contributed by atoms with E-state index >= 15 is 0 Å². The molecule has 3 rings (SSSR count). The van der Waals surface area contributed by atoms with E-state index in [0.29, 0.717) is 24.8 Å². The van der Waals surface area contributed by atoms with Crippen molar-refractivity contribution in [2.24, 2.45) is 5.92 Å². The Bertz CT molecular complexity index is 953. The molecule has 1 atom stereocenters. The molecule has 0 saturated heterocycles. The van der Waals surface area contributed by atoms with Crippen molar-refractivity contribution in [3.63, 3.8) is 0 Å². The number of nitrogens with one attached hydrogen (secondary N) is 1. The molecule has 0 aromatic heterocycles. The van der Waals surface area contributed by atoms with Gasteiger partial charge in [-0.3, -0.25) is 0 Å². The van der Waals surface area contributed by atoms with Gasteiger partial charge in [0.2, 0.25) is 0 Å². The molecule has 1 aliphatic carbocycles. The fourth-order valence-corrected chi connectivity index (χ4v) is 4.01. The third-order valence-electron chi connectivity index (χ3n) is 5.94. The summed E-state index contributed by atoms with van der Waals surface area (Å²) in [5.41, 5.74) is -0.985. The largest absolute Gasteiger partial charge is 0.493 e. The van der Waals surface area contributed by atoms with Gasteiger partial charge < -0.3 is 15.2 Å². The van der Waals surface area contributed by atoms with Gasteiger partial charge in [-0.2, -0.15) is 26.3 Å². The first-order valence-corrected chi connectivity index (χ1v) is 11.0. The summed E-state index contributed by atoms with van der Waals surface area (Å²) in [5, 5.41) is 11.8. The van der Waals surface area contributed by atoms with Gasteiger partial charge in [0, 0.05) is 24.2 Å². The molecule has 0 radical (unpaired) electrons. The van der Waals surface area contributed by atoms with Crippen molar-refractivity contribution in [3.05, 3.63) is 58.9 Å². The topological polar surface area (TPSA) is 41.5 Å². The molecule has 188 valence electrons. The number of hydrogen-bond donors (Lipinski definition) is 2. The number of ether oxygens (including phenoxy) is 1. The monoisotopic (exact) mass is 493 g/mol. The highest BCUT2D eigenvalue weighted by molar-refractivity contribution is 5.59. The predicted molar refractivity (Wildman–Crippen MR) is 113 cm³/mol. The van der Waals surface area contributed by atoms with Gasteiger partial charge >= 0.3 is 12.4 Å². The summed E-state index contributed by atoms with van der Waals surface area (Å²) in [6.07, 6.45) is -7.34. The third-order valence-corrected chi connectivity index (χ3v) is 5.94. The predicted octanol–water partition coefficient (Wildman–Crippen LogP) is 6.73. The van der Waals surface area contributed by atoms with E-state index in [4.69, 9.17) is 4.74 Å². The molecule has 34 heavy (non-hydrogen) atoms. The molecule has 0 bridgehead atoms. The van der Waals surface area contributed by atoms with Crippen LogP contribution in [-0.2, 0) is 12.6 Å². The molecule has 3 nitrogen and oxygen atoms in total. The normalized spacial score (nSPS) is 16.4. The van der Waals surface area contributed by atoms with Crippen molar-refractivity contribution >= 4 is 5.69 Å². The Hall–Kier alpha value is -2.49. The fourth-order valence-electron chi connectivity index (χ4n) is 4.01. The Labute approximate surface area is 192 Å². The lowest BCUT2D eigenvalue weighted by molar-refractivity contribution is -0.198. The minimum Gasteiger partial charge on any atom is -0.493 e. The van der Waals surface area contributed by atoms with Crippen LogP contribution >= 0.6 is 0 Å². The maximum absolute atomic E-state index is 14.4. The van der Waals surface area contributed by atoms with E-state index in [1.54, 1.807) is 6.07 Å². The lowest BCUT2D eigenvalue weighted by Gasteiger charge is -2.24. The Balaban J connectivity index is 1.90. The van der Waals surface area contributed by atoms with Crippen LogP contribution in [0.3, 0.4) is 0 Å². The van der Waals surface area contributed by atoms with E-state index < -0.39 is 36.4 Å². The molecule has 2 aromatic carbocycles. The van der Waals surface area contributed by atoms with Gasteiger partial charge in [0.15, 0.2) is 6.10 Å². The Morgan fingerprint density at radius 1 is 1.00 bits per heavy atom. The first-order valence-electron chi connectivity index (χ1n) is 11.0. The zero-order chi connectivity index (χ0) is 24.9. The molecule has 1 unspecified atom stereocenters. The van der Waals surface area contributed by atoms with Gasteiger partial charge in [0.25, 0.3) is 0 Å². The number of hydrogen-bond acceptors (Lipinski definition) is 3. The number of aliphatic hydroxyl groups excluding tert-OH is 1. The highest BCUT2D eigenvalue weighted by Gasteiger charge is 2.38. The maximum atomic E-state index is 14.4. The molecule has 2 aromatic rings. The second-order valence-electron chi connectivity index (χ2n) is 8.52. The van der Waals surface area contributed by atoms with Crippen molar-refractivity contribution in [2.45, 2.75) is 57.0 Å². The van der Waals surface area contributed by atoms with Gasteiger partial charge in [0.1, 0.15) is 11.6 Å². The Kier molecular flexibility index (Phi) is 8.33. The molecule has 1 fully saturated rings. The van der Waals surface area contributed by atoms with E-state index in [9.17, 15) is 35.8 Å². The number of rotatable bonds is 8. The summed E-state index contributed by atoms with van der Waals surface area (Å²) in [7, 11) is 0. The fraction of sp³-hybridized carbons (Fsp3) is 0.500. The van der Waals surface area contributed by atoms with Crippen molar-refractivity contribution in [2.75, 3.05) is 18.5 Å². The molecule has 0 aliphatic heterocycles. The van der Waals surface area contributed by atoms with Crippen molar-refractivity contribution < 1.29 is 40.6 Å². The number of benzene rings is 2. The van der Waals surface area contributed by atoms with Gasteiger partial charge in [0.05, 0.1) is 12.2 Å². The molecule has 10 heteroatoms. The van der Waals surface area contributed by atoms with Crippen LogP contribution in [0.2, 0.25) is 0 Å². The smallest absolute Gasteiger partial charge is 0.416 e. The summed E-state index contributed by atoms with van der Waals surface area (Å²) < 4.78 is 98.1. The van der Waals surface area contributed by atoms with E-state index in [1.807, 2.05) is 0 Å². The highest BCUT2D eigenvalue weighted by Crippen LogP contribution is 2.35. The zero-order valence-corrected chi connectivity index (χ0v) is 18.3. The summed E-state index contributed by atoms with van der Waals surface area (Å²) in [4.78, 5) is 0. The van der Waals surface area contributed by atoms with Crippen LogP contribution in [0.5, 0.6) is 5.75 Å². The van der Waals surface area contributed by atoms with Crippen LogP contribution in [0, 0.1) is 11.7 Å². The maximum Gasteiger partial charge on any atom is 0.416 e. The second kappa shape index (κ2) is 10.8. The average Bonchev–Trinajstić information content (AvgIpc) is 2.77. The molecule has 0 spiro atoms. The van der Waals surface area contributed by atoms with Gasteiger partial charge in [-0.1, -0.05) is 25.3 Å². The summed E-state index contributed by atoms with van der Waals surface area (Å²) in [5.74, 6) is -0.346. The summed E-state index contributed by atoms with van der Waals surface area (Å²) in [6, 6.07) is 6.51. The van der Waals surface area contributed by atoms with Crippen LogP contribution in [-0.4, -0.2) is 30.5 Å². The Morgan fingerprint density at radius 2 is 1.71 bits per heavy atom. The summed E-state index contributed by atoms with van der Waals surface area (Å²) >= 11 is 0. The number of aliphatic hydroxyl groups is 1. The molecule has 0 amide bonds. The highest BCUT2D eigenvalue weighted by atomic mass is 19.4. The van der Waals surface area contributed by atoms with Crippen molar-refractivity contribution in [1.82, 2.24) is 0 Å². The second-order valence-corrected chi connectivity index (χ2v) is 8.52. The van der Waals surface area contributed by atoms with Crippen molar-refractivity contribution in [1.29, 1.82) is 0 Å². The number of halogens is 7. The van der Waals surface area contributed by atoms with Crippen LogP contribution < -0.4 is 10.1 Å². The van der Waals surface area contributed by atoms with Gasteiger partial charge in [-0.05, 0) is 54.7 Å². The standard InChI is InChI=1S/C24H26F7NO2/c25-19-10-9-17(23(26,27)28)11-16(19)12-18-20(32-13-22(33)24(29,30)31)7-4-8-21(18)34-14-15-5-2-1-3-6-15/h4,7-11,15,22,32-33H,1-3,5-6,12-14H2. The third kappa shape index (κ3) is 7.01. The molecule has 2 N–H and O–H groups in total. The van der Waals surface area contributed by atoms with E-state index in [0.717, 1.165) is 32.1 Å². The first-order chi connectivity index (χ1) is 15.9. The van der Waals surface area contributed by atoms with Crippen LogP contribution in [0.25, 0.3) is 0 Å². The van der Waals surface area contributed by atoms with E-state index in [-0.39, 0.29) is 34.9 Å². The van der Waals surface area contributed by atoms with E-state index in [1.165, 1.54) is 12.1 Å². The molecular formula is C24H26F7NO2. The van der Waals surface area contributed by atoms with Crippen LogP contribution in [0.15, 0.2) is 36.4 Å². The first kappa shape index (κ1) is 26.1. The summed E-state index contributed by atoms with van der Waals surface area (Å²) in [6.45, 7) is -0.541. The lowest BCUT2D eigenvalue weighted by atomic mass is 9.90. The molecular weight excluding hydrogens is 467 g/mol. The van der Waals surface area contributed by atoms with Crippen LogP contribution in [0.1, 0.15) is 48.8 Å². The molecule has 1 aliphatic rings. The molecule has 1 saturated carbocycles. The zero-order valence-electron chi connectivity index (χ0n) is 18.3. The van der Waals surface area contributed by atoms with Crippen molar-refractivity contribution in [3.8, 4) is 5.75 Å². The van der Waals surface area contributed by atoms with Crippen LogP contribution in [0.4, 0.5) is 36.4 Å².